The van der Waals surface area contributed by atoms with E-state index in [4.69, 9.17) is 15.2 Å². The summed E-state index contributed by atoms with van der Waals surface area (Å²) in [4.78, 5) is 14.0. The number of hydrogen-bond acceptors (Lipinski definition) is 6. The molecule has 3 aromatic carbocycles. The van der Waals surface area contributed by atoms with Gasteiger partial charge in [0.05, 0.1) is 23.8 Å². The van der Waals surface area contributed by atoms with E-state index in [9.17, 15) is 13.2 Å². The predicted molar refractivity (Wildman–Crippen MR) is 135 cm³/mol. The molecular formula is C26H29N3O5S. The van der Waals surface area contributed by atoms with Crippen LogP contribution in [0.25, 0.3) is 0 Å². The van der Waals surface area contributed by atoms with Gasteiger partial charge in [0.2, 0.25) is 0 Å². The first-order valence-electron chi connectivity index (χ1n) is 11.0. The number of carbonyl (C=O) groups excluding carboxylic acids is 1. The molecule has 9 heteroatoms. The van der Waals surface area contributed by atoms with Gasteiger partial charge in [0.25, 0.3) is 15.9 Å². The number of amides is 1. The highest BCUT2D eigenvalue weighted by molar-refractivity contribution is 7.89. The number of nitrogens with two attached hydrogens (primary N) is 1. The number of methoxy groups -OCH3 is 1. The van der Waals surface area contributed by atoms with E-state index < -0.39 is 15.9 Å². The third-order valence-electron chi connectivity index (χ3n) is 5.10. The van der Waals surface area contributed by atoms with E-state index in [0.29, 0.717) is 28.5 Å². The number of primary amides is 1. The summed E-state index contributed by atoms with van der Waals surface area (Å²) >= 11 is 0. The zero-order valence-electron chi connectivity index (χ0n) is 19.9. The zero-order chi connectivity index (χ0) is 25.4. The lowest BCUT2D eigenvalue weighted by Crippen LogP contribution is -2.18. The van der Waals surface area contributed by atoms with Crippen molar-refractivity contribution >= 4 is 22.1 Å². The van der Waals surface area contributed by atoms with E-state index in [1.165, 1.54) is 13.3 Å². The van der Waals surface area contributed by atoms with Crippen LogP contribution in [-0.4, -0.2) is 27.6 Å². The number of rotatable bonds is 11. The second kappa shape index (κ2) is 11.5. The number of nitrogens with zero attached hydrogens (tertiary/aromatic N) is 1. The number of benzene rings is 3. The minimum Gasteiger partial charge on any atom is -0.496 e. The van der Waals surface area contributed by atoms with Crippen LogP contribution < -0.4 is 20.0 Å². The summed E-state index contributed by atoms with van der Waals surface area (Å²) in [5.41, 5.74) is 8.06. The first-order chi connectivity index (χ1) is 16.7. The van der Waals surface area contributed by atoms with Crippen LogP contribution in [0, 0.1) is 5.92 Å². The van der Waals surface area contributed by atoms with Gasteiger partial charge in [-0.15, -0.1) is 0 Å². The Hall–Kier alpha value is -3.85. The number of hydrazone groups is 1. The Morgan fingerprint density at radius 2 is 1.77 bits per heavy atom. The molecule has 3 rings (SSSR count). The first kappa shape index (κ1) is 25.8. The van der Waals surface area contributed by atoms with E-state index in [1.807, 2.05) is 12.1 Å². The van der Waals surface area contributed by atoms with Gasteiger partial charge in [0, 0.05) is 5.56 Å². The van der Waals surface area contributed by atoms with Crippen LogP contribution in [0.5, 0.6) is 11.5 Å². The SMILES string of the molecule is COc1ccc(C=NNS(=O)(=O)c2ccc(CC(C)C)cc2)cc1COc1ccccc1C(N)=O. The van der Waals surface area contributed by atoms with Gasteiger partial charge in [-0.3, -0.25) is 4.79 Å². The van der Waals surface area contributed by atoms with Crippen molar-refractivity contribution < 1.29 is 22.7 Å². The maximum atomic E-state index is 12.6. The van der Waals surface area contributed by atoms with E-state index in [2.05, 4.69) is 23.8 Å². The van der Waals surface area contributed by atoms with Gasteiger partial charge in [-0.05, 0) is 65.9 Å². The average molecular weight is 496 g/mol. The minimum atomic E-state index is -3.80. The molecule has 184 valence electrons. The Bertz CT molecular complexity index is 1300. The molecule has 0 saturated heterocycles. The van der Waals surface area contributed by atoms with Gasteiger partial charge >= 0.3 is 0 Å². The first-order valence-corrected chi connectivity index (χ1v) is 12.5. The van der Waals surface area contributed by atoms with E-state index >= 15 is 0 Å². The molecule has 3 N–H and O–H groups in total. The van der Waals surface area contributed by atoms with Crippen LogP contribution in [0.3, 0.4) is 0 Å². The molecule has 0 atom stereocenters. The highest BCUT2D eigenvalue weighted by atomic mass is 32.2. The largest absolute Gasteiger partial charge is 0.496 e. The van der Waals surface area contributed by atoms with Gasteiger partial charge < -0.3 is 15.2 Å². The van der Waals surface area contributed by atoms with Crippen molar-refractivity contribution in [1.82, 2.24) is 4.83 Å². The molecule has 3 aromatic rings. The summed E-state index contributed by atoms with van der Waals surface area (Å²) < 4.78 is 36.3. The number of hydrogen-bond donors (Lipinski definition) is 2. The lowest BCUT2D eigenvalue weighted by atomic mass is 10.0. The highest BCUT2D eigenvalue weighted by Gasteiger charge is 2.13. The van der Waals surface area contributed by atoms with Crippen molar-refractivity contribution in [1.29, 1.82) is 0 Å². The van der Waals surface area contributed by atoms with Crippen LogP contribution in [0.1, 0.15) is 40.9 Å². The van der Waals surface area contributed by atoms with Crippen LogP contribution in [-0.2, 0) is 23.1 Å². The van der Waals surface area contributed by atoms with Crippen molar-refractivity contribution in [2.75, 3.05) is 7.11 Å². The maximum Gasteiger partial charge on any atom is 0.276 e. The fourth-order valence-corrected chi connectivity index (χ4v) is 4.23. The Labute approximate surface area is 205 Å². The van der Waals surface area contributed by atoms with Crippen LogP contribution in [0.2, 0.25) is 0 Å². The normalized spacial score (nSPS) is 11.5. The van der Waals surface area contributed by atoms with E-state index in [-0.39, 0.29) is 17.1 Å². The Balaban J connectivity index is 1.71. The van der Waals surface area contributed by atoms with Gasteiger partial charge in [-0.25, -0.2) is 4.83 Å². The lowest BCUT2D eigenvalue weighted by Gasteiger charge is -2.13. The third-order valence-corrected chi connectivity index (χ3v) is 6.34. The second-order valence-electron chi connectivity index (χ2n) is 8.32. The van der Waals surface area contributed by atoms with E-state index in [1.54, 1.807) is 54.6 Å². The van der Waals surface area contributed by atoms with Crippen LogP contribution >= 0.6 is 0 Å². The number of sulfonamides is 1. The monoisotopic (exact) mass is 495 g/mol. The van der Waals surface area contributed by atoms with Gasteiger partial charge in [-0.1, -0.05) is 38.1 Å². The fraction of sp³-hybridized carbons (Fsp3) is 0.231. The molecule has 0 aliphatic carbocycles. The predicted octanol–water partition coefficient (Wildman–Crippen LogP) is 3.88. The molecule has 0 heterocycles. The smallest absolute Gasteiger partial charge is 0.276 e. The average Bonchev–Trinajstić information content (AvgIpc) is 2.83. The van der Waals surface area contributed by atoms with E-state index in [0.717, 1.165) is 12.0 Å². The van der Waals surface area contributed by atoms with Gasteiger partial charge in [0.1, 0.15) is 18.1 Å². The van der Waals surface area contributed by atoms with Gasteiger partial charge in [0.15, 0.2) is 0 Å². The third kappa shape index (κ3) is 7.07. The molecule has 0 fully saturated rings. The van der Waals surface area contributed by atoms with Crippen molar-refractivity contribution in [3.05, 3.63) is 89.0 Å². The summed E-state index contributed by atoms with van der Waals surface area (Å²) in [7, 11) is -2.27. The Morgan fingerprint density at radius 3 is 2.43 bits per heavy atom. The van der Waals surface area contributed by atoms with Crippen LogP contribution in [0.15, 0.2) is 76.7 Å². The summed E-state index contributed by atoms with van der Waals surface area (Å²) in [6.07, 6.45) is 2.27. The molecule has 1 amide bonds. The Kier molecular flexibility index (Phi) is 8.48. The molecule has 0 aliphatic heterocycles. The van der Waals surface area contributed by atoms with Gasteiger partial charge in [-0.2, -0.15) is 13.5 Å². The molecule has 35 heavy (non-hydrogen) atoms. The summed E-state index contributed by atoms with van der Waals surface area (Å²) in [6.45, 7) is 4.32. The van der Waals surface area contributed by atoms with Crippen molar-refractivity contribution in [2.24, 2.45) is 16.8 Å². The summed E-state index contributed by atoms with van der Waals surface area (Å²) in [5.74, 6) is 0.822. The van der Waals surface area contributed by atoms with Crippen LogP contribution in [0.4, 0.5) is 0 Å². The Morgan fingerprint density at radius 1 is 1.06 bits per heavy atom. The fourth-order valence-electron chi connectivity index (χ4n) is 3.44. The topological polar surface area (TPSA) is 120 Å². The molecular weight excluding hydrogens is 466 g/mol. The summed E-state index contributed by atoms with van der Waals surface area (Å²) in [6, 6.07) is 18.7. The molecule has 0 unspecified atom stereocenters. The number of para-hydroxylation sites is 1. The minimum absolute atomic E-state index is 0.101. The molecule has 0 spiro atoms. The maximum absolute atomic E-state index is 12.6. The molecule has 0 radical (unpaired) electrons. The highest BCUT2D eigenvalue weighted by Crippen LogP contribution is 2.24. The number of carbonyl (C=O) groups is 1. The number of nitrogens with one attached hydrogen (secondary N) is 1. The zero-order valence-corrected chi connectivity index (χ0v) is 20.7. The van der Waals surface area contributed by atoms with Crippen molar-refractivity contribution in [3.63, 3.8) is 0 Å². The van der Waals surface area contributed by atoms with Crippen molar-refractivity contribution in [3.8, 4) is 11.5 Å². The second-order valence-corrected chi connectivity index (χ2v) is 9.98. The van der Waals surface area contributed by atoms with Crippen molar-refractivity contribution in [2.45, 2.75) is 31.8 Å². The molecule has 8 nitrogen and oxygen atoms in total. The quantitative estimate of drug-likeness (QED) is 0.309. The summed E-state index contributed by atoms with van der Waals surface area (Å²) in [5, 5.41) is 3.91. The molecule has 0 aliphatic rings. The molecule has 0 bridgehead atoms. The molecule has 0 saturated carbocycles. The standard InChI is InChI=1S/C26H29N3O5S/c1-18(2)14-19-8-11-22(12-9-19)35(31,32)29-28-16-20-10-13-24(33-3)21(15-20)17-34-25-7-5-4-6-23(25)26(27)30/h4-13,15-16,18,29H,14,17H2,1-3H3,(H2,27,30). The lowest BCUT2D eigenvalue weighted by molar-refractivity contribution is 0.0996. The molecule has 0 aromatic heterocycles. The number of ether oxygens (including phenoxy) is 2.